The van der Waals surface area contributed by atoms with Crippen molar-refractivity contribution in [3.8, 4) is 0 Å². The minimum atomic E-state index is -1.03. The number of carbonyl (C=O) groups is 1. The minimum Gasteiger partial charge on any atom is -0.444 e. The zero-order valence-electron chi connectivity index (χ0n) is 9.73. The fourth-order valence-corrected chi connectivity index (χ4v) is 1.51. The number of alkyl carbamates (subject to hydrolysis) is 1. The van der Waals surface area contributed by atoms with E-state index in [4.69, 9.17) is 4.74 Å². The SMILES string of the molecule is CC(C)(C)OC(=O)NCCC1(F)CCC1. The van der Waals surface area contributed by atoms with Crippen molar-refractivity contribution in [2.75, 3.05) is 6.54 Å². The van der Waals surface area contributed by atoms with Gasteiger partial charge in [-0.2, -0.15) is 0 Å². The molecule has 0 aromatic heterocycles. The molecule has 15 heavy (non-hydrogen) atoms. The zero-order chi connectivity index (χ0) is 11.5. The van der Waals surface area contributed by atoms with Crippen molar-refractivity contribution in [3.63, 3.8) is 0 Å². The maximum Gasteiger partial charge on any atom is 0.407 e. The van der Waals surface area contributed by atoms with Gasteiger partial charge in [0.2, 0.25) is 0 Å². The number of ether oxygens (including phenoxy) is 1. The lowest BCUT2D eigenvalue weighted by Gasteiger charge is -2.33. The van der Waals surface area contributed by atoms with Crippen molar-refractivity contribution in [2.24, 2.45) is 0 Å². The molecule has 0 heterocycles. The Hall–Kier alpha value is -0.800. The summed E-state index contributed by atoms with van der Waals surface area (Å²) < 4.78 is 18.5. The third-order valence-electron chi connectivity index (χ3n) is 2.49. The number of carbonyl (C=O) groups excluding carboxylic acids is 1. The molecule has 88 valence electrons. The average molecular weight is 217 g/mol. The van der Waals surface area contributed by atoms with E-state index in [0.29, 0.717) is 25.8 Å². The van der Waals surface area contributed by atoms with Crippen LogP contribution in [0.5, 0.6) is 0 Å². The lowest BCUT2D eigenvalue weighted by Crippen LogP contribution is -2.38. The molecule has 1 fully saturated rings. The standard InChI is InChI=1S/C11H20FNO2/c1-10(2,3)15-9(14)13-8-7-11(12)5-4-6-11/h4-8H2,1-3H3,(H,13,14). The van der Waals surface area contributed by atoms with E-state index in [1.165, 1.54) is 0 Å². The summed E-state index contributed by atoms with van der Waals surface area (Å²) in [5.74, 6) is 0. The molecule has 0 bridgehead atoms. The predicted octanol–water partition coefficient (Wildman–Crippen LogP) is 2.79. The van der Waals surface area contributed by atoms with E-state index < -0.39 is 17.4 Å². The minimum absolute atomic E-state index is 0.353. The molecule has 3 nitrogen and oxygen atoms in total. The average Bonchev–Trinajstić information content (AvgIpc) is 1.97. The lowest BCUT2D eigenvalue weighted by molar-refractivity contribution is 0.0419. The van der Waals surface area contributed by atoms with Gasteiger partial charge < -0.3 is 10.1 Å². The lowest BCUT2D eigenvalue weighted by atomic mass is 9.80. The highest BCUT2D eigenvalue weighted by Crippen LogP contribution is 2.38. The van der Waals surface area contributed by atoms with Crippen molar-refractivity contribution >= 4 is 6.09 Å². The third-order valence-corrected chi connectivity index (χ3v) is 2.49. The maximum atomic E-state index is 13.5. The first kappa shape index (κ1) is 12.3. The van der Waals surface area contributed by atoms with Crippen LogP contribution in [0, 0.1) is 0 Å². The molecule has 0 spiro atoms. The van der Waals surface area contributed by atoms with Gasteiger partial charge in [-0.15, -0.1) is 0 Å². The van der Waals surface area contributed by atoms with Gasteiger partial charge in [0.15, 0.2) is 0 Å². The first-order chi connectivity index (χ1) is 6.81. The monoisotopic (exact) mass is 217 g/mol. The van der Waals surface area contributed by atoms with Gasteiger partial charge in [0.25, 0.3) is 0 Å². The van der Waals surface area contributed by atoms with E-state index >= 15 is 0 Å². The number of alkyl halides is 1. The van der Waals surface area contributed by atoms with Crippen molar-refractivity contribution in [1.82, 2.24) is 5.32 Å². The molecule has 1 amide bonds. The molecule has 0 aromatic carbocycles. The molecule has 0 atom stereocenters. The van der Waals surface area contributed by atoms with Gasteiger partial charge in [-0.05, 0) is 46.5 Å². The van der Waals surface area contributed by atoms with Gasteiger partial charge in [0.05, 0.1) is 0 Å². The molecule has 1 saturated carbocycles. The summed E-state index contributed by atoms with van der Waals surface area (Å²) in [6.45, 7) is 5.75. The Labute approximate surface area is 90.4 Å². The fraction of sp³-hybridized carbons (Fsp3) is 0.909. The van der Waals surface area contributed by atoms with Crippen LogP contribution >= 0.6 is 0 Å². The topological polar surface area (TPSA) is 38.3 Å². The number of rotatable bonds is 3. The van der Waals surface area contributed by atoms with E-state index in [-0.39, 0.29) is 0 Å². The highest BCUT2D eigenvalue weighted by Gasteiger charge is 2.36. The highest BCUT2D eigenvalue weighted by molar-refractivity contribution is 5.67. The summed E-state index contributed by atoms with van der Waals surface area (Å²) in [5, 5.41) is 2.56. The van der Waals surface area contributed by atoms with Gasteiger partial charge in [0, 0.05) is 6.54 Å². The molecule has 1 aliphatic rings. The molecule has 0 unspecified atom stereocenters. The smallest absolute Gasteiger partial charge is 0.407 e. The Balaban J connectivity index is 2.12. The summed E-state index contributed by atoms with van der Waals surface area (Å²) in [4.78, 5) is 11.2. The van der Waals surface area contributed by atoms with E-state index in [9.17, 15) is 9.18 Å². The van der Waals surface area contributed by atoms with Crippen molar-refractivity contribution in [1.29, 1.82) is 0 Å². The zero-order valence-corrected chi connectivity index (χ0v) is 9.73. The molecule has 0 aliphatic heterocycles. The van der Waals surface area contributed by atoms with Crippen LogP contribution in [-0.2, 0) is 4.74 Å². The Bertz CT molecular complexity index is 231. The second kappa shape index (κ2) is 4.37. The fourth-order valence-electron chi connectivity index (χ4n) is 1.51. The normalized spacial score (nSPS) is 19.2. The Morgan fingerprint density at radius 1 is 1.47 bits per heavy atom. The molecule has 1 rings (SSSR count). The van der Waals surface area contributed by atoms with Crippen LogP contribution in [0.3, 0.4) is 0 Å². The van der Waals surface area contributed by atoms with Gasteiger partial charge in [-0.1, -0.05) is 0 Å². The molecular formula is C11H20FNO2. The van der Waals surface area contributed by atoms with Crippen LogP contribution in [0.4, 0.5) is 9.18 Å². The van der Waals surface area contributed by atoms with Crippen LogP contribution in [0.15, 0.2) is 0 Å². The summed E-state index contributed by atoms with van der Waals surface area (Å²) >= 11 is 0. The Kier molecular flexibility index (Phi) is 3.58. The number of nitrogens with one attached hydrogen (secondary N) is 1. The third kappa shape index (κ3) is 4.49. The first-order valence-electron chi connectivity index (χ1n) is 5.47. The van der Waals surface area contributed by atoms with Crippen LogP contribution < -0.4 is 5.32 Å². The largest absolute Gasteiger partial charge is 0.444 e. The molecular weight excluding hydrogens is 197 g/mol. The summed E-state index contributed by atoms with van der Waals surface area (Å²) in [6, 6.07) is 0. The quantitative estimate of drug-likeness (QED) is 0.789. The molecule has 1 N–H and O–H groups in total. The molecule has 1 aliphatic carbocycles. The molecule has 4 heteroatoms. The predicted molar refractivity (Wildman–Crippen MR) is 56.5 cm³/mol. The van der Waals surface area contributed by atoms with Crippen LogP contribution in [0.1, 0.15) is 46.5 Å². The van der Waals surface area contributed by atoms with Crippen molar-refractivity contribution < 1.29 is 13.9 Å². The number of amides is 1. The molecule has 0 aromatic rings. The van der Waals surface area contributed by atoms with Crippen molar-refractivity contribution in [3.05, 3.63) is 0 Å². The van der Waals surface area contributed by atoms with E-state index in [1.807, 2.05) is 0 Å². The van der Waals surface area contributed by atoms with Gasteiger partial charge in [-0.25, -0.2) is 9.18 Å². The number of hydrogen-bond donors (Lipinski definition) is 1. The second-order valence-electron chi connectivity index (χ2n) is 5.18. The van der Waals surface area contributed by atoms with Crippen LogP contribution in [0.2, 0.25) is 0 Å². The number of hydrogen-bond acceptors (Lipinski definition) is 2. The van der Waals surface area contributed by atoms with Gasteiger partial charge in [0.1, 0.15) is 11.3 Å². The summed E-state index contributed by atoms with van der Waals surface area (Å²) in [5.41, 5.74) is -1.52. The van der Waals surface area contributed by atoms with E-state index in [2.05, 4.69) is 5.32 Å². The van der Waals surface area contributed by atoms with Gasteiger partial charge in [-0.3, -0.25) is 0 Å². The van der Waals surface area contributed by atoms with Crippen molar-refractivity contribution in [2.45, 2.75) is 57.7 Å². The van der Waals surface area contributed by atoms with E-state index in [0.717, 1.165) is 6.42 Å². The highest BCUT2D eigenvalue weighted by atomic mass is 19.1. The summed E-state index contributed by atoms with van der Waals surface area (Å²) in [6.07, 6.45) is 2.15. The Morgan fingerprint density at radius 3 is 2.47 bits per heavy atom. The molecule has 0 saturated heterocycles. The first-order valence-corrected chi connectivity index (χ1v) is 5.47. The summed E-state index contributed by atoms with van der Waals surface area (Å²) in [7, 11) is 0. The Morgan fingerprint density at radius 2 is 2.07 bits per heavy atom. The number of halogens is 1. The van der Waals surface area contributed by atoms with Crippen LogP contribution in [-0.4, -0.2) is 23.9 Å². The van der Waals surface area contributed by atoms with Crippen LogP contribution in [0.25, 0.3) is 0 Å². The van der Waals surface area contributed by atoms with E-state index in [1.54, 1.807) is 20.8 Å². The maximum absolute atomic E-state index is 13.5. The molecule has 0 radical (unpaired) electrons. The van der Waals surface area contributed by atoms with Gasteiger partial charge >= 0.3 is 6.09 Å². The second-order valence-corrected chi connectivity index (χ2v) is 5.18.